The number of thiophene rings is 1. The molecule has 0 aliphatic rings. The summed E-state index contributed by atoms with van der Waals surface area (Å²) in [7, 11) is 0. The van der Waals surface area contributed by atoms with Gasteiger partial charge in [-0.2, -0.15) is 0 Å². The third kappa shape index (κ3) is 4.20. The SMILES string of the molecule is Cc1ccc(NC(=O)C(C)n2cnc3scc(-c4ccc(C(C)C)cc4)c3c2=O)cc1Cl. The number of hydrogen-bond acceptors (Lipinski definition) is 4. The van der Waals surface area contributed by atoms with Gasteiger partial charge >= 0.3 is 0 Å². The van der Waals surface area contributed by atoms with Crippen LogP contribution >= 0.6 is 22.9 Å². The maximum Gasteiger partial charge on any atom is 0.263 e. The molecule has 0 aliphatic heterocycles. The van der Waals surface area contributed by atoms with Gasteiger partial charge in [0.25, 0.3) is 5.56 Å². The van der Waals surface area contributed by atoms with E-state index in [2.05, 4.69) is 36.3 Å². The first-order chi connectivity index (χ1) is 15.3. The van der Waals surface area contributed by atoms with Crippen LogP contribution in [0.5, 0.6) is 0 Å². The first kappa shape index (κ1) is 22.2. The Bertz CT molecular complexity index is 1360. The maximum absolute atomic E-state index is 13.4. The van der Waals surface area contributed by atoms with E-state index < -0.39 is 6.04 Å². The summed E-state index contributed by atoms with van der Waals surface area (Å²) in [5.41, 5.74) is 4.32. The number of aromatic nitrogens is 2. The molecule has 2 heterocycles. The van der Waals surface area contributed by atoms with E-state index in [9.17, 15) is 9.59 Å². The molecule has 4 aromatic rings. The average molecular weight is 466 g/mol. The van der Waals surface area contributed by atoms with Gasteiger partial charge in [0.05, 0.1) is 11.7 Å². The Morgan fingerprint density at radius 3 is 2.50 bits per heavy atom. The molecule has 32 heavy (non-hydrogen) atoms. The van der Waals surface area contributed by atoms with Crippen molar-refractivity contribution in [1.29, 1.82) is 0 Å². The Kier molecular flexibility index (Phi) is 6.17. The number of fused-ring (bicyclic) bond motifs is 1. The second-order valence-electron chi connectivity index (χ2n) is 8.19. The van der Waals surface area contributed by atoms with Gasteiger partial charge in [0.1, 0.15) is 10.9 Å². The second-order valence-corrected chi connectivity index (χ2v) is 9.46. The first-order valence-corrected chi connectivity index (χ1v) is 11.7. The van der Waals surface area contributed by atoms with Gasteiger partial charge in [-0.25, -0.2) is 4.98 Å². The summed E-state index contributed by atoms with van der Waals surface area (Å²) in [6, 6.07) is 12.8. The highest BCUT2D eigenvalue weighted by Crippen LogP contribution is 2.32. The van der Waals surface area contributed by atoms with Crippen molar-refractivity contribution < 1.29 is 4.79 Å². The summed E-state index contributed by atoms with van der Waals surface area (Å²) in [6.07, 6.45) is 1.44. The summed E-state index contributed by atoms with van der Waals surface area (Å²) in [5.74, 6) is 0.121. The summed E-state index contributed by atoms with van der Waals surface area (Å²) in [4.78, 5) is 31.3. The molecular weight excluding hydrogens is 442 g/mol. The maximum atomic E-state index is 13.4. The highest BCUT2D eigenvalue weighted by molar-refractivity contribution is 7.17. The van der Waals surface area contributed by atoms with Crippen LogP contribution in [0, 0.1) is 6.92 Å². The fourth-order valence-electron chi connectivity index (χ4n) is 3.53. The topological polar surface area (TPSA) is 64.0 Å². The van der Waals surface area contributed by atoms with Crippen LogP contribution in [-0.4, -0.2) is 15.5 Å². The lowest BCUT2D eigenvalue weighted by Crippen LogP contribution is -2.31. The zero-order valence-corrected chi connectivity index (χ0v) is 19.9. The smallest absolute Gasteiger partial charge is 0.263 e. The van der Waals surface area contributed by atoms with Crippen molar-refractivity contribution in [3.63, 3.8) is 0 Å². The Labute approximate surface area is 195 Å². The Morgan fingerprint density at radius 1 is 1.12 bits per heavy atom. The molecule has 0 radical (unpaired) electrons. The van der Waals surface area contributed by atoms with Crippen LogP contribution in [0.25, 0.3) is 21.3 Å². The van der Waals surface area contributed by atoms with Crippen LogP contribution in [0.4, 0.5) is 5.69 Å². The third-order valence-corrected chi connectivity index (χ3v) is 6.94. The molecule has 5 nitrogen and oxygen atoms in total. The van der Waals surface area contributed by atoms with E-state index in [0.717, 1.165) is 16.7 Å². The van der Waals surface area contributed by atoms with Gasteiger partial charge < -0.3 is 5.32 Å². The van der Waals surface area contributed by atoms with Crippen LogP contribution in [0.2, 0.25) is 5.02 Å². The number of nitrogens with one attached hydrogen (secondary N) is 1. The number of carbonyl (C=O) groups excluding carboxylic acids is 1. The van der Waals surface area contributed by atoms with E-state index in [1.165, 1.54) is 27.8 Å². The van der Waals surface area contributed by atoms with Crippen molar-refractivity contribution in [2.24, 2.45) is 0 Å². The molecule has 2 aromatic heterocycles. The van der Waals surface area contributed by atoms with E-state index >= 15 is 0 Å². The molecule has 0 fully saturated rings. The number of nitrogens with zero attached hydrogens (tertiary/aromatic N) is 2. The summed E-state index contributed by atoms with van der Waals surface area (Å²) < 4.78 is 1.38. The fraction of sp³-hybridized carbons (Fsp3) is 0.240. The van der Waals surface area contributed by atoms with Crippen molar-refractivity contribution in [3.8, 4) is 11.1 Å². The van der Waals surface area contributed by atoms with Crippen LogP contribution < -0.4 is 10.9 Å². The monoisotopic (exact) mass is 465 g/mol. The molecule has 0 saturated carbocycles. The van der Waals surface area contributed by atoms with E-state index in [1.54, 1.807) is 19.1 Å². The van der Waals surface area contributed by atoms with Crippen molar-refractivity contribution in [1.82, 2.24) is 9.55 Å². The van der Waals surface area contributed by atoms with Gasteiger partial charge in [0.2, 0.25) is 5.91 Å². The van der Waals surface area contributed by atoms with E-state index in [0.29, 0.717) is 26.8 Å². The molecule has 0 bridgehead atoms. The minimum Gasteiger partial charge on any atom is -0.324 e. The number of hydrogen-bond donors (Lipinski definition) is 1. The molecule has 4 rings (SSSR count). The molecule has 1 unspecified atom stereocenters. The normalized spacial score (nSPS) is 12.3. The van der Waals surface area contributed by atoms with Crippen LogP contribution in [0.3, 0.4) is 0 Å². The van der Waals surface area contributed by atoms with Crippen molar-refractivity contribution >= 4 is 44.7 Å². The lowest BCUT2D eigenvalue weighted by Gasteiger charge is -2.15. The van der Waals surface area contributed by atoms with Gasteiger partial charge in [-0.3, -0.25) is 14.2 Å². The van der Waals surface area contributed by atoms with E-state index in [1.807, 2.05) is 30.5 Å². The fourth-order valence-corrected chi connectivity index (χ4v) is 4.61. The van der Waals surface area contributed by atoms with E-state index in [4.69, 9.17) is 11.6 Å². The molecular formula is C25H24ClN3O2S. The summed E-state index contributed by atoms with van der Waals surface area (Å²) >= 11 is 7.59. The van der Waals surface area contributed by atoms with Gasteiger partial charge in [0.15, 0.2) is 0 Å². The second kappa shape index (κ2) is 8.88. The highest BCUT2D eigenvalue weighted by atomic mass is 35.5. The molecule has 2 aromatic carbocycles. The van der Waals surface area contributed by atoms with Gasteiger partial charge in [0, 0.05) is 21.7 Å². The number of anilines is 1. The Hall–Kier alpha value is -2.96. The minimum atomic E-state index is -0.740. The molecule has 0 spiro atoms. The standard InChI is InChI=1S/C25H24ClN3O2S/c1-14(2)17-6-8-18(9-7-17)20-12-32-24-22(20)25(31)29(13-27-24)16(4)23(30)28-19-10-5-15(3)21(26)11-19/h5-14,16H,1-4H3,(H,28,30). The van der Waals surface area contributed by atoms with Crippen molar-refractivity contribution in [2.75, 3.05) is 5.32 Å². The van der Waals surface area contributed by atoms with Crippen molar-refractivity contribution in [3.05, 3.63) is 80.7 Å². The molecule has 164 valence electrons. The number of amides is 1. The third-order valence-electron chi connectivity index (χ3n) is 5.64. The summed E-state index contributed by atoms with van der Waals surface area (Å²) in [6.45, 7) is 7.87. The summed E-state index contributed by atoms with van der Waals surface area (Å²) in [5, 5.41) is 5.89. The van der Waals surface area contributed by atoms with Crippen LogP contribution in [0.15, 0.2) is 59.0 Å². The van der Waals surface area contributed by atoms with Crippen LogP contribution in [-0.2, 0) is 4.79 Å². The highest BCUT2D eigenvalue weighted by Gasteiger charge is 2.20. The lowest BCUT2D eigenvalue weighted by atomic mass is 9.99. The Balaban J connectivity index is 1.68. The quantitative estimate of drug-likeness (QED) is 0.370. The zero-order valence-electron chi connectivity index (χ0n) is 18.3. The predicted octanol–water partition coefficient (Wildman–Crippen LogP) is 6.41. The van der Waals surface area contributed by atoms with Crippen molar-refractivity contribution in [2.45, 2.75) is 39.7 Å². The molecule has 1 amide bonds. The van der Waals surface area contributed by atoms with Crippen LogP contribution in [0.1, 0.15) is 43.9 Å². The number of carbonyl (C=O) groups is 1. The zero-order chi connectivity index (χ0) is 23.0. The van der Waals surface area contributed by atoms with Gasteiger partial charge in [-0.1, -0.05) is 55.8 Å². The predicted molar refractivity (Wildman–Crippen MR) is 133 cm³/mol. The number of halogens is 1. The van der Waals surface area contributed by atoms with E-state index in [-0.39, 0.29) is 11.5 Å². The largest absolute Gasteiger partial charge is 0.324 e. The molecule has 7 heteroatoms. The average Bonchev–Trinajstić information content (AvgIpc) is 3.21. The van der Waals surface area contributed by atoms with Gasteiger partial charge in [-0.15, -0.1) is 11.3 Å². The molecule has 1 N–H and O–H groups in total. The first-order valence-electron chi connectivity index (χ1n) is 10.4. The minimum absolute atomic E-state index is 0.233. The lowest BCUT2D eigenvalue weighted by molar-refractivity contribution is -0.118. The Morgan fingerprint density at radius 2 is 1.84 bits per heavy atom. The molecule has 0 aliphatic carbocycles. The molecule has 0 saturated heterocycles. The number of rotatable bonds is 5. The van der Waals surface area contributed by atoms with Gasteiger partial charge in [-0.05, 0) is 48.6 Å². The number of aryl methyl sites for hydroxylation is 1. The molecule has 1 atom stereocenters. The number of benzene rings is 2.